The van der Waals surface area contributed by atoms with Crippen molar-refractivity contribution in [3.05, 3.63) is 28.2 Å². The lowest BCUT2D eigenvalue weighted by Gasteiger charge is -2.33. The minimum Gasteiger partial charge on any atom is -0.488 e. The van der Waals surface area contributed by atoms with Gasteiger partial charge in [-0.15, -0.1) is 0 Å². The Bertz CT molecular complexity index is 438. The van der Waals surface area contributed by atoms with Gasteiger partial charge in [-0.2, -0.15) is 0 Å². The number of ether oxygens (including phenoxy) is 1. The van der Waals surface area contributed by atoms with Crippen LogP contribution in [0.15, 0.2) is 22.7 Å². The SMILES string of the molecule is C[C@H]1CN(CC2Cc3cc(Br)ccc3O2)CCN1. The fraction of sp³-hybridized carbons (Fsp3) is 0.571. The van der Waals surface area contributed by atoms with E-state index in [1.807, 2.05) is 6.07 Å². The molecule has 1 fully saturated rings. The highest BCUT2D eigenvalue weighted by molar-refractivity contribution is 9.10. The largest absolute Gasteiger partial charge is 0.488 e. The molecule has 4 heteroatoms. The molecule has 1 saturated heterocycles. The van der Waals surface area contributed by atoms with Crippen molar-refractivity contribution in [1.82, 2.24) is 10.2 Å². The molecule has 1 aromatic rings. The third-order valence-corrected chi connectivity index (χ3v) is 4.17. The Balaban J connectivity index is 1.60. The Morgan fingerprint density at radius 1 is 1.50 bits per heavy atom. The summed E-state index contributed by atoms with van der Waals surface area (Å²) >= 11 is 3.52. The van der Waals surface area contributed by atoms with Crippen LogP contribution < -0.4 is 10.1 Å². The van der Waals surface area contributed by atoms with E-state index in [2.05, 4.69) is 45.2 Å². The second-order valence-corrected chi connectivity index (χ2v) is 6.23. The van der Waals surface area contributed by atoms with E-state index in [1.54, 1.807) is 0 Å². The number of nitrogens with zero attached hydrogens (tertiary/aromatic N) is 1. The van der Waals surface area contributed by atoms with Crippen LogP contribution in [0.2, 0.25) is 0 Å². The fourth-order valence-electron chi connectivity index (χ4n) is 2.86. The number of rotatable bonds is 2. The first-order chi connectivity index (χ1) is 8.70. The minimum absolute atomic E-state index is 0.319. The molecular formula is C14H19BrN2O. The van der Waals surface area contributed by atoms with Gasteiger partial charge < -0.3 is 10.1 Å². The van der Waals surface area contributed by atoms with E-state index in [9.17, 15) is 0 Å². The van der Waals surface area contributed by atoms with Gasteiger partial charge >= 0.3 is 0 Å². The third kappa shape index (κ3) is 2.71. The van der Waals surface area contributed by atoms with Gasteiger partial charge in [-0.25, -0.2) is 0 Å². The molecule has 98 valence electrons. The van der Waals surface area contributed by atoms with Crippen LogP contribution in [0.3, 0.4) is 0 Å². The fourth-order valence-corrected chi connectivity index (χ4v) is 3.27. The Labute approximate surface area is 117 Å². The number of halogens is 1. The lowest BCUT2D eigenvalue weighted by atomic mass is 10.1. The smallest absolute Gasteiger partial charge is 0.123 e. The van der Waals surface area contributed by atoms with Gasteiger partial charge in [0.1, 0.15) is 11.9 Å². The zero-order valence-electron chi connectivity index (χ0n) is 10.7. The number of nitrogens with one attached hydrogen (secondary N) is 1. The Morgan fingerprint density at radius 3 is 3.22 bits per heavy atom. The molecule has 0 saturated carbocycles. The van der Waals surface area contributed by atoms with Crippen LogP contribution in [-0.2, 0) is 6.42 Å². The number of piperazine rings is 1. The van der Waals surface area contributed by atoms with Crippen molar-refractivity contribution in [2.24, 2.45) is 0 Å². The average Bonchev–Trinajstić information content (AvgIpc) is 2.70. The molecule has 3 rings (SSSR count). The standard InChI is InChI=1S/C14H19BrN2O/c1-10-8-17(5-4-16-10)9-13-7-11-6-12(15)2-3-14(11)18-13/h2-3,6,10,13,16H,4-5,7-9H2,1H3/t10-,13?/m0/s1. The second-order valence-electron chi connectivity index (χ2n) is 5.31. The molecule has 0 radical (unpaired) electrons. The van der Waals surface area contributed by atoms with E-state index >= 15 is 0 Å². The van der Waals surface area contributed by atoms with Crippen molar-refractivity contribution in [2.75, 3.05) is 26.2 Å². The normalized spacial score (nSPS) is 27.9. The summed E-state index contributed by atoms with van der Waals surface area (Å²) in [4.78, 5) is 2.51. The van der Waals surface area contributed by atoms with Gasteiger partial charge in [0.05, 0.1) is 0 Å². The number of fused-ring (bicyclic) bond motifs is 1. The molecule has 1 aromatic carbocycles. The van der Waals surface area contributed by atoms with Crippen molar-refractivity contribution < 1.29 is 4.74 Å². The predicted molar refractivity (Wildman–Crippen MR) is 76.2 cm³/mol. The van der Waals surface area contributed by atoms with Crippen molar-refractivity contribution in [2.45, 2.75) is 25.5 Å². The summed E-state index contributed by atoms with van der Waals surface area (Å²) in [5.74, 6) is 1.06. The molecule has 3 nitrogen and oxygen atoms in total. The number of hydrogen-bond acceptors (Lipinski definition) is 3. The van der Waals surface area contributed by atoms with E-state index < -0.39 is 0 Å². The van der Waals surface area contributed by atoms with Crippen LogP contribution in [0.5, 0.6) is 5.75 Å². The first-order valence-electron chi connectivity index (χ1n) is 6.61. The zero-order chi connectivity index (χ0) is 12.5. The predicted octanol–water partition coefficient (Wildman–Crippen LogP) is 2.05. The van der Waals surface area contributed by atoms with E-state index in [0.717, 1.165) is 42.8 Å². The zero-order valence-corrected chi connectivity index (χ0v) is 12.2. The Kier molecular flexibility index (Phi) is 3.59. The maximum Gasteiger partial charge on any atom is 0.123 e. The maximum atomic E-state index is 6.02. The van der Waals surface area contributed by atoms with E-state index in [1.165, 1.54) is 5.56 Å². The van der Waals surface area contributed by atoms with Crippen LogP contribution in [-0.4, -0.2) is 43.2 Å². The lowest BCUT2D eigenvalue weighted by Crippen LogP contribution is -2.51. The van der Waals surface area contributed by atoms with Gasteiger partial charge in [-0.3, -0.25) is 4.90 Å². The summed E-state index contributed by atoms with van der Waals surface area (Å²) in [5.41, 5.74) is 1.33. The van der Waals surface area contributed by atoms with Gasteiger partial charge in [0.15, 0.2) is 0 Å². The van der Waals surface area contributed by atoms with Crippen molar-refractivity contribution >= 4 is 15.9 Å². The van der Waals surface area contributed by atoms with Crippen LogP contribution in [0.1, 0.15) is 12.5 Å². The van der Waals surface area contributed by atoms with E-state index in [-0.39, 0.29) is 0 Å². The molecule has 1 N–H and O–H groups in total. The highest BCUT2D eigenvalue weighted by Gasteiger charge is 2.26. The summed E-state index contributed by atoms with van der Waals surface area (Å²) in [6.07, 6.45) is 1.35. The third-order valence-electron chi connectivity index (χ3n) is 3.68. The van der Waals surface area contributed by atoms with E-state index in [4.69, 9.17) is 4.74 Å². The molecule has 18 heavy (non-hydrogen) atoms. The molecule has 2 atom stereocenters. The highest BCUT2D eigenvalue weighted by Crippen LogP contribution is 2.31. The lowest BCUT2D eigenvalue weighted by molar-refractivity contribution is 0.126. The maximum absolute atomic E-state index is 6.02. The first-order valence-corrected chi connectivity index (χ1v) is 7.41. The Hall–Kier alpha value is -0.580. The van der Waals surface area contributed by atoms with Crippen molar-refractivity contribution in [1.29, 1.82) is 0 Å². The number of hydrogen-bond donors (Lipinski definition) is 1. The van der Waals surface area contributed by atoms with Gasteiger partial charge in [-0.1, -0.05) is 15.9 Å². The monoisotopic (exact) mass is 310 g/mol. The van der Waals surface area contributed by atoms with Gasteiger partial charge in [0.2, 0.25) is 0 Å². The molecule has 0 amide bonds. The summed E-state index contributed by atoms with van der Waals surface area (Å²) in [6, 6.07) is 6.89. The minimum atomic E-state index is 0.319. The molecule has 2 aliphatic heterocycles. The molecule has 0 aliphatic carbocycles. The molecule has 2 heterocycles. The highest BCUT2D eigenvalue weighted by atomic mass is 79.9. The summed E-state index contributed by atoms with van der Waals surface area (Å²) in [7, 11) is 0. The first kappa shape index (κ1) is 12.5. The second kappa shape index (κ2) is 5.19. The summed E-state index contributed by atoms with van der Waals surface area (Å²) in [5, 5.41) is 3.47. The average molecular weight is 311 g/mol. The van der Waals surface area contributed by atoms with Crippen LogP contribution in [0.25, 0.3) is 0 Å². The van der Waals surface area contributed by atoms with Crippen LogP contribution in [0, 0.1) is 0 Å². The Morgan fingerprint density at radius 2 is 2.39 bits per heavy atom. The van der Waals surface area contributed by atoms with Gasteiger partial charge in [0.25, 0.3) is 0 Å². The van der Waals surface area contributed by atoms with E-state index in [0.29, 0.717) is 12.1 Å². The summed E-state index contributed by atoms with van der Waals surface area (Å²) < 4.78 is 7.16. The number of benzene rings is 1. The molecular weight excluding hydrogens is 292 g/mol. The van der Waals surface area contributed by atoms with Crippen molar-refractivity contribution in [3.63, 3.8) is 0 Å². The molecule has 1 unspecified atom stereocenters. The van der Waals surface area contributed by atoms with Crippen LogP contribution in [0.4, 0.5) is 0 Å². The molecule has 0 spiro atoms. The molecule has 0 aromatic heterocycles. The van der Waals surface area contributed by atoms with Crippen molar-refractivity contribution in [3.8, 4) is 5.75 Å². The van der Waals surface area contributed by atoms with Crippen LogP contribution >= 0.6 is 15.9 Å². The van der Waals surface area contributed by atoms with Gasteiger partial charge in [0, 0.05) is 43.1 Å². The molecule has 0 bridgehead atoms. The molecule has 2 aliphatic rings. The summed E-state index contributed by atoms with van der Waals surface area (Å²) in [6.45, 7) is 6.63. The van der Waals surface area contributed by atoms with Gasteiger partial charge in [-0.05, 0) is 30.7 Å². The topological polar surface area (TPSA) is 24.5 Å². The quantitative estimate of drug-likeness (QED) is 0.905.